The third-order valence-electron chi connectivity index (χ3n) is 1.28. The van der Waals surface area contributed by atoms with Gasteiger partial charge < -0.3 is 10.5 Å². The number of nitrogens with two attached hydrogens (primary N) is 1. The Morgan fingerprint density at radius 2 is 2.00 bits per heavy atom. The molecular formula is C8H13NO3. The predicted molar refractivity (Wildman–Crippen MR) is 44.2 cm³/mol. The number of esters is 1. The van der Waals surface area contributed by atoms with Crippen molar-refractivity contribution in [2.24, 2.45) is 5.73 Å². The molecule has 0 aromatic heterocycles. The van der Waals surface area contributed by atoms with E-state index in [2.05, 4.69) is 11.3 Å². The number of primary amides is 1. The summed E-state index contributed by atoms with van der Waals surface area (Å²) in [4.78, 5) is 21.2. The summed E-state index contributed by atoms with van der Waals surface area (Å²) in [5.41, 5.74) is 5.16. The molecule has 0 bridgehead atoms. The molecule has 0 aliphatic heterocycles. The van der Waals surface area contributed by atoms with Gasteiger partial charge in [-0.2, -0.15) is 0 Å². The topological polar surface area (TPSA) is 69.4 Å². The van der Waals surface area contributed by atoms with Crippen LogP contribution in [0.5, 0.6) is 0 Å². The molecule has 68 valence electrons. The first kappa shape index (κ1) is 10.7. The highest BCUT2D eigenvalue weighted by Crippen LogP contribution is 2.02. The molecule has 4 nitrogen and oxygen atoms in total. The number of carbonyl (C=O) groups excluding carboxylic acids is 2. The van der Waals surface area contributed by atoms with Gasteiger partial charge in [-0.25, -0.2) is 0 Å². The van der Waals surface area contributed by atoms with E-state index in [-0.39, 0.29) is 24.4 Å². The van der Waals surface area contributed by atoms with Crippen molar-refractivity contribution in [2.75, 3.05) is 6.61 Å². The zero-order chi connectivity index (χ0) is 9.56. The Balaban J connectivity index is 3.61. The summed E-state index contributed by atoms with van der Waals surface area (Å²) in [5, 5.41) is 0. The molecule has 0 aromatic carbocycles. The molecular weight excluding hydrogens is 158 g/mol. The summed E-state index contributed by atoms with van der Waals surface area (Å²) in [5.74, 6) is -0.904. The molecule has 0 unspecified atom stereocenters. The Morgan fingerprint density at radius 1 is 1.42 bits per heavy atom. The highest BCUT2D eigenvalue weighted by atomic mass is 16.5. The molecule has 0 heterocycles. The number of ether oxygens (including phenoxy) is 1. The van der Waals surface area contributed by atoms with Gasteiger partial charge in [0.05, 0.1) is 6.61 Å². The predicted octanol–water partition coefficient (Wildman–Crippen LogP) is 0.371. The standard InChI is InChI=1S/C8H13NO3/c1-3-12-7(10)5-4-6(2)8(9)11/h2-5H2,1H3,(H2,9,11). The van der Waals surface area contributed by atoms with Gasteiger partial charge in [0.2, 0.25) is 5.91 Å². The largest absolute Gasteiger partial charge is 0.466 e. The van der Waals surface area contributed by atoms with E-state index in [9.17, 15) is 9.59 Å². The van der Waals surface area contributed by atoms with E-state index in [0.717, 1.165) is 0 Å². The number of hydrogen-bond acceptors (Lipinski definition) is 3. The first-order valence-corrected chi connectivity index (χ1v) is 3.71. The van der Waals surface area contributed by atoms with Crippen LogP contribution < -0.4 is 5.73 Å². The molecule has 0 aromatic rings. The highest BCUT2D eigenvalue weighted by Gasteiger charge is 2.06. The fraction of sp³-hybridized carbons (Fsp3) is 0.500. The van der Waals surface area contributed by atoms with Crippen LogP contribution in [-0.4, -0.2) is 18.5 Å². The van der Waals surface area contributed by atoms with E-state index in [0.29, 0.717) is 6.61 Å². The lowest BCUT2D eigenvalue weighted by atomic mass is 10.1. The Kier molecular flexibility index (Phi) is 4.76. The van der Waals surface area contributed by atoms with Crippen LogP contribution in [0.2, 0.25) is 0 Å². The first-order chi connectivity index (χ1) is 5.57. The summed E-state index contributed by atoms with van der Waals surface area (Å²) in [6.45, 7) is 5.48. The maximum Gasteiger partial charge on any atom is 0.306 e. The van der Waals surface area contributed by atoms with Gasteiger partial charge in [-0.15, -0.1) is 0 Å². The van der Waals surface area contributed by atoms with Crippen molar-refractivity contribution in [3.63, 3.8) is 0 Å². The van der Waals surface area contributed by atoms with Gasteiger partial charge in [0, 0.05) is 12.0 Å². The molecule has 4 heteroatoms. The van der Waals surface area contributed by atoms with Crippen LogP contribution in [0.3, 0.4) is 0 Å². The smallest absolute Gasteiger partial charge is 0.306 e. The lowest BCUT2D eigenvalue weighted by Gasteiger charge is -2.01. The third kappa shape index (κ3) is 4.49. The Bertz CT molecular complexity index is 198. The zero-order valence-corrected chi connectivity index (χ0v) is 7.13. The maximum absolute atomic E-state index is 10.8. The second-order valence-electron chi connectivity index (χ2n) is 2.27. The van der Waals surface area contributed by atoms with Gasteiger partial charge in [-0.1, -0.05) is 6.58 Å². The van der Waals surface area contributed by atoms with Crippen LogP contribution >= 0.6 is 0 Å². The SMILES string of the molecule is C=C(CCC(=O)OCC)C(N)=O. The maximum atomic E-state index is 10.8. The molecule has 0 spiro atoms. The van der Waals surface area contributed by atoms with Gasteiger partial charge >= 0.3 is 5.97 Å². The molecule has 1 amide bonds. The van der Waals surface area contributed by atoms with Crippen LogP contribution in [0.1, 0.15) is 19.8 Å². The summed E-state index contributed by atoms with van der Waals surface area (Å²) < 4.78 is 4.64. The van der Waals surface area contributed by atoms with Crippen molar-refractivity contribution in [3.05, 3.63) is 12.2 Å². The number of rotatable bonds is 5. The minimum atomic E-state index is -0.570. The Hall–Kier alpha value is -1.32. The number of amides is 1. The van der Waals surface area contributed by atoms with Crippen molar-refractivity contribution in [1.29, 1.82) is 0 Å². The van der Waals surface area contributed by atoms with Gasteiger partial charge in [-0.3, -0.25) is 9.59 Å². The van der Waals surface area contributed by atoms with E-state index in [1.165, 1.54) is 0 Å². The fourth-order valence-electron chi connectivity index (χ4n) is 0.609. The molecule has 0 aliphatic carbocycles. The summed E-state index contributed by atoms with van der Waals surface area (Å²) in [7, 11) is 0. The summed E-state index contributed by atoms with van der Waals surface area (Å²) in [6, 6.07) is 0. The second kappa shape index (κ2) is 5.35. The number of carbonyl (C=O) groups is 2. The highest BCUT2D eigenvalue weighted by molar-refractivity contribution is 5.91. The Morgan fingerprint density at radius 3 is 2.42 bits per heavy atom. The number of hydrogen-bond donors (Lipinski definition) is 1. The van der Waals surface area contributed by atoms with Crippen molar-refractivity contribution in [1.82, 2.24) is 0 Å². The lowest BCUT2D eigenvalue weighted by molar-refractivity contribution is -0.143. The van der Waals surface area contributed by atoms with Crippen LogP contribution in [0.4, 0.5) is 0 Å². The molecule has 0 radical (unpaired) electrons. The van der Waals surface area contributed by atoms with Crippen LogP contribution in [0, 0.1) is 0 Å². The monoisotopic (exact) mass is 171 g/mol. The molecule has 0 rings (SSSR count). The molecule has 0 fully saturated rings. The molecule has 0 saturated carbocycles. The van der Waals surface area contributed by atoms with Crippen molar-refractivity contribution >= 4 is 11.9 Å². The quantitative estimate of drug-likeness (QED) is 0.480. The first-order valence-electron chi connectivity index (χ1n) is 3.71. The minimum absolute atomic E-state index is 0.162. The summed E-state index contributed by atoms with van der Waals surface area (Å²) >= 11 is 0. The minimum Gasteiger partial charge on any atom is -0.466 e. The normalized spacial score (nSPS) is 9.08. The van der Waals surface area contributed by atoms with Crippen LogP contribution in [0.25, 0.3) is 0 Å². The third-order valence-corrected chi connectivity index (χ3v) is 1.28. The van der Waals surface area contributed by atoms with Crippen LogP contribution in [-0.2, 0) is 14.3 Å². The van der Waals surface area contributed by atoms with Crippen molar-refractivity contribution < 1.29 is 14.3 Å². The van der Waals surface area contributed by atoms with Crippen molar-refractivity contribution in [3.8, 4) is 0 Å². The average Bonchev–Trinajstić information content (AvgIpc) is 2.00. The molecule has 0 saturated heterocycles. The summed E-state index contributed by atoms with van der Waals surface area (Å²) in [6.07, 6.45) is 0.434. The van der Waals surface area contributed by atoms with Gasteiger partial charge in [0.25, 0.3) is 0 Å². The molecule has 0 aliphatic rings. The van der Waals surface area contributed by atoms with Crippen LogP contribution in [0.15, 0.2) is 12.2 Å². The molecule has 0 atom stereocenters. The Labute approximate surface area is 71.4 Å². The van der Waals surface area contributed by atoms with E-state index >= 15 is 0 Å². The zero-order valence-electron chi connectivity index (χ0n) is 7.13. The van der Waals surface area contributed by atoms with E-state index in [4.69, 9.17) is 5.73 Å². The van der Waals surface area contributed by atoms with Gasteiger partial charge in [-0.05, 0) is 13.3 Å². The van der Waals surface area contributed by atoms with E-state index < -0.39 is 5.91 Å². The van der Waals surface area contributed by atoms with E-state index in [1.54, 1.807) is 6.92 Å². The molecule has 12 heavy (non-hydrogen) atoms. The average molecular weight is 171 g/mol. The molecule has 2 N–H and O–H groups in total. The van der Waals surface area contributed by atoms with Gasteiger partial charge in [0.15, 0.2) is 0 Å². The van der Waals surface area contributed by atoms with Gasteiger partial charge in [0.1, 0.15) is 0 Å². The second-order valence-corrected chi connectivity index (χ2v) is 2.27. The van der Waals surface area contributed by atoms with Crippen molar-refractivity contribution in [2.45, 2.75) is 19.8 Å². The van der Waals surface area contributed by atoms with E-state index in [1.807, 2.05) is 0 Å². The lowest BCUT2D eigenvalue weighted by Crippen LogP contribution is -2.14. The fourth-order valence-corrected chi connectivity index (χ4v) is 0.609.